The van der Waals surface area contributed by atoms with Crippen LogP contribution in [0.5, 0.6) is 5.75 Å². The lowest BCUT2D eigenvalue weighted by molar-refractivity contribution is -0.131. The van der Waals surface area contributed by atoms with E-state index < -0.39 is 11.8 Å². The predicted molar refractivity (Wildman–Crippen MR) is 60.3 cm³/mol. The SMILES string of the molecule is COc1ccc(C(=O)C(=O)O)c2cccnc12. The van der Waals surface area contributed by atoms with Gasteiger partial charge in [0, 0.05) is 17.1 Å². The van der Waals surface area contributed by atoms with Crippen LogP contribution in [-0.2, 0) is 4.79 Å². The summed E-state index contributed by atoms with van der Waals surface area (Å²) in [5.41, 5.74) is 0.587. The van der Waals surface area contributed by atoms with Crippen LogP contribution < -0.4 is 4.74 Å². The number of hydrogen-bond donors (Lipinski definition) is 1. The Bertz CT molecular complexity index is 606. The monoisotopic (exact) mass is 231 g/mol. The fourth-order valence-electron chi connectivity index (χ4n) is 1.62. The van der Waals surface area contributed by atoms with Crippen molar-refractivity contribution < 1.29 is 19.4 Å². The molecule has 0 radical (unpaired) electrons. The van der Waals surface area contributed by atoms with Gasteiger partial charge in [0.05, 0.1) is 7.11 Å². The zero-order valence-electron chi connectivity index (χ0n) is 9.01. The summed E-state index contributed by atoms with van der Waals surface area (Å²) >= 11 is 0. The molecular weight excluding hydrogens is 222 g/mol. The Balaban J connectivity index is 2.75. The molecule has 0 aliphatic rings. The molecule has 0 amide bonds. The molecule has 0 saturated carbocycles. The molecule has 0 bridgehead atoms. The van der Waals surface area contributed by atoms with E-state index in [9.17, 15) is 9.59 Å². The summed E-state index contributed by atoms with van der Waals surface area (Å²) in [6.07, 6.45) is 1.56. The fraction of sp³-hybridized carbons (Fsp3) is 0.0833. The Morgan fingerprint density at radius 2 is 2.06 bits per heavy atom. The van der Waals surface area contributed by atoms with E-state index in [2.05, 4.69) is 4.98 Å². The summed E-state index contributed by atoms with van der Waals surface area (Å²) in [5.74, 6) is -1.94. The van der Waals surface area contributed by atoms with Gasteiger partial charge in [-0.2, -0.15) is 0 Å². The number of rotatable bonds is 3. The summed E-state index contributed by atoms with van der Waals surface area (Å²) in [4.78, 5) is 26.3. The van der Waals surface area contributed by atoms with Crippen LogP contribution in [0, 0.1) is 0 Å². The number of carboxylic acid groups (broad SMARTS) is 1. The predicted octanol–water partition coefficient (Wildman–Crippen LogP) is 1.51. The lowest BCUT2D eigenvalue weighted by Gasteiger charge is -2.07. The van der Waals surface area contributed by atoms with Gasteiger partial charge in [-0.25, -0.2) is 4.79 Å². The number of carboxylic acids is 1. The molecule has 0 aliphatic heterocycles. The van der Waals surface area contributed by atoms with E-state index in [0.29, 0.717) is 16.7 Å². The Kier molecular flexibility index (Phi) is 2.74. The molecule has 5 nitrogen and oxygen atoms in total. The minimum Gasteiger partial charge on any atom is -0.494 e. The van der Waals surface area contributed by atoms with Gasteiger partial charge in [0.25, 0.3) is 5.78 Å². The number of methoxy groups -OCH3 is 1. The molecular formula is C12H9NO4. The molecule has 5 heteroatoms. The van der Waals surface area contributed by atoms with E-state index in [-0.39, 0.29) is 5.56 Å². The molecule has 17 heavy (non-hydrogen) atoms. The number of benzene rings is 1. The van der Waals surface area contributed by atoms with E-state index in [1.165, 1.54) is 19.2 Å². The van der Waals surface area contributed by atoms with Crippen LogP contribution in [0.2, 0.25) is 0 Å². The molecule has 0 atom stereocenters. The zero-order chi connectivity index (χ0) is 12.4. The Morgan fingerprint density at radius 3 is 2.71 bits per heavy atom. The summed E-state index contributed by atoms with van der Waals surface area (Å²) in [5, 5.41) is 9.19. The lowest BCUT2D eigenvalue weighted by atomic mass is 10.0. The molecule has 0 aliphatic carbocycles. The van der Waals surface area contributed by atoms with Crippen LogP contribution in [0.1, 0.15) is 10.4 Å². The highest BCUT2D eigenvalue weighted by Crippen LogP contribution is 2.26. The number of Topliss-reactive ketones (excluding diaryl/α,β-unsaturated/α-hetero) is 1. The fourth-order valence-corrected chi connectivity index (χ4v) is 1.62. The third kappa shape index (κ3) is 1.82. The highest BCUT2D eigenvalue weighted by molar-refractivity contribution is 6.42. The number of carbonyl (C=O) groups is 2. The van der Waals surface area contributed by atoms with Gasteiger partial charge >= 0.3 is 5.97 Å². The number of ketones is 1. The average molecular weight is 231 g/mol. The first-order chi connectivity index (χ1) is 8.15. The Morgan fingerprint density at radius 1 is 1.29 bits per heavy atom. The van der Waals surface area contributed by atoms with Crippen molar-refractivity contribution in [2.45, 2.75) is 0 Å². The van der Waals surface area contributed by atoms with Gasteiger partial charge in [0.15, 0.2) is 0 Å². The zero-order valence-corrected chi connectivity index (χ0v) is 9.01. The molecule has 0 unspecified atom stereocenters. The topological polar surface area (TPSA) is 76.5 Å². The van der Waals surface area contributed by atoms with Crippen molar-refractivity contribution in [2.75, 3.05) is 7.11 Å². The van der Waals surface area contributed by atoms with Crippen LogP contribution in [-0.4, -0.2) is 29.0 Å². The van der Waals surface area contributed by atoms with Gasteiger partial charge in [-0.1, -0.05) is 6.07 Å². The maximum atomic E-state index is 11.5. The third-order valence-electron chi connectivity index (χ3n) is 2.39. The van der Waals surface area contributed by atoms with E-state index in [1.54, 1.807) is 18.3 Å². The number of aliphatic carboxylic acids is 1. The molecule has 86 valence electrons. The number of fused-ring (bicyclic) bond motifs is 1. The van der Waals surface area contributed by atoms with Crippen LogP contribution in [0.15, 0.2) is 30.5 Å². The van der Waals surface area contributed by atoms with Crippen LogP contribution >= 0.6 is 0 Å². The summed E-state index contributed by atoms with van der Waals surface area (Å²) in [6.45, 7) is 0. The third-order valence-corrected chi connectivity index (χ3v) is 2.39. The normalized spacial score (nSPS) is 10.2. The molecule has 0 spiro atoms. The minimum absolute atomic E-state index is 0.112. The minimum atomic E-state index is -1.49. The summed E-state index contributed by atoms with van der Waals surface area (Å²) < 4.78 is 5.10. The van der Waals surface area contributed by atoms with Crippen molar-refractivity contribution in [1.29, 1.82) is 0 Å². The lowest BCUT2D eigenvalue weighted by Crippen LogP contribution is -2.13. The van der Waals surface area contributed by atoms with E-state index in [4.69, 9.17) is 9.84 Å². The van der Waals surface area contributed by atoms with Gasteiger partial charge < -0.3 is 9.84 Å². The second kappa shape index (κ2) is 4.21. The van der Waals surface area contributed by atoms with Crippen molar-refractivity contribution in [3.63, 3.8) is 0 Å². The number of nitrogens with zero attached hydrogens (tertiary/aromatic N) is 1. The maximum Gasteiger partial charge on any atom is 0.377 e. The molecule has 1 aromatic heterocycles. The first-order valence-corrected chi connectivity index (χ1v) is 4.84. The Hall–Kier alpha value is -2.43. The average Bonchev–Trinajstić information content (AvgIpc) is 2.36. The van der Waals surface area contributed by atoms with E-state index >= 15 is 0 Å². The standard InChI is InChI=1S/C12H9NO4/c1-17-9-5-4-8(11(14)12(15)16)7-3-2-6-13-10(7)9/h2-6H,1H3,(H,15,16). The molecule has 1 aromatic carbocycles. The van der Waals surface area contributed by atoms with Gasteiger partial charge in [-0.3, -0.25) is 9.78 Å². The number of pyridine rings is 1. The first kappa shape index (κ1) is 11.1. The van der Waals surface area contributed by atoms with Crippen molar-refractivity contribution in [1.82, 2.24) is 4.98 Å². The van der Waals surface area contributed by atoms with Crippen LogP contribution in [0.25, 0.3) is 10.9 Å². The quantitative estimate of drug-likeness (QED) is 0.640. The Labute approximate surface area is 96.7 Å². The molecule has 0 fully saturated rings. The summed E-state index contributed by atoms with van der Waals surface area (Å²) in [7, 11) is 1.49. The number of aromatic nitrogens is 1. The van der Waals surface area contributed by atoms with Gasteiger partial charge in [-0.05, 0) is 18.2 Å². The van der Waals surface area contributed by atoms with E-state index in [0.717, 1.165) is 0 Å². The number of hydrogen-bond acceptors (Lipinski definition) is 4. The van der Waals surface area contributed by atoms with Gasteiger partial charge in [-0.15, -0.1) is 0 Å². The van der Waals surface area contributed by atoms with Crippen molar-refractivity contribution in [3.8, 4) is 5.75 Å². The molecule has 2 aromatic rings. The maximum absolute atomic E-state index is 11.5. The highest BCUT2D eigenvalue weighted by Gasteiger charge is 2.19. The second-order valence-corrected chi connectivity index (χ2v) is 3.35. The molecule has 1 N–H and O–H groups in total. The first-order valence-electron chi connectivity index (χ1n) is 4.84. The summed E-state index contributed by atoms with van der Waals surface area (Å²) in [6, 6.07) is 6.24. The van der Waals surface area contributed by atoms with E-state index in [1.807, 2.05) is 0 Å². The number of carbonyl (C=O) groups excluding carboxylic acids is 1. The largest absolute Gasteiger partial charge is 0.494 e. The van der Waals surface area contributed by atoms with Gasteiger partial charge in [0.2, 0.25) is 0 Å². The van der Waals surface area contributed by atoms with Crippen molar-refractivity contribution >= 4 is 22.7 Å². The molecule has 1 heterocycles. The highest BCUT2D eigenvalue weighted by atomic mass is 16.5. The van der Waals surface area contributed by atoms with Crippen LogP contribution in [0.4, 0.5) is 0 Å². The molecule has 2 rings (SSSR count). The molecule has 0 saturated heterocycles. The second-order valence-electron chi connectivity index (χ2n) is 3.35. The van der Waals surface area contributed by atoms with Crippen LogP contribution in [0.3, 0.4) is 0 Å². The number of ether oxygens (including phenoxy) is 1. The van der Waals surface area contributed by atoms with Gasteiger partial charge in [0.1, 0.15) is 11.3 Å². The van der Waals surface area contributed by atoms with Crippen molar-refractivity contribution in [3.05, 3.63) is 36.0 Å². The smallest absolute Gasteiger partial charge is 0.377 e. The van der Waals surface area contributed by atoms with Crippen molar-refractivity contribution in [2.24, 2.45) is 0 Å².